The minimum absolute atomic E-state index is 0.220. The van der Waals surface area contributed by atoms with Gasteiger partial charge in [0.1, 0.15) is 5.75 Å². The molecule has 0 atom stereocenters. The Labute approximate surface area is 101 Å². The maximum absolute atomic E-state index is 11.9. The largest absolute Gasteiger partial charge is 0.415 e. The summed E-state index contributed by atoms with van der Waals surface area (Å²) < 4.78 is 5.37. The number of nitrogens with zero attached hydrogens (tertiary/aromatic N) is 1. The third-order valence-electron chi connectivity index (χ3n) is 3.09. The van der Waals surface area contributed by atoms with E-state index in [0.29, 0.717) is 18.8 Å². The Kier molecular flexibility index (Phi) is 3.64. The number of amides is 1. The average Bonchev–Trinajstić information content (AvgIpc) is 2.33. The molecule has 4 nitrogen and oxygen atoms in total. The first kappa shape index (κ1) is 11.9. The molecule has 1 aromatic carbocycles. The van der Waals surface area contributed by atoms with E-state index < -0.39 is 0 Å². The van der Waals surface area contributed by atoms with E-state index in [4.69, 9.17) is 10.5 Å². The van der Waals surface area contributed by atoms with E-state index in [1.54, 1.807) is 4.90 Å². The molecule has 17 heavy (non-hydrogen) atoms. The van der Waals surface area contributed by atoms with Crippen LogP contribution in [0.4, 0.5) is 4.79 Å². The van der Waals surface area contributed by atoms with Crippen LogP contribution in [0, 0.1) is 6.92 Å². The van der Waals surface area contributed by atoms with Gasteiger partial charge in [-0.1, -0.05) is 18.2 Å². The summed E-state index contributed by atoms with van der Waals surface area (Å²) in [5, 5.41) is 0. The summed E-state index contributed by atoms with van der Waals surface area (Å²) in [5.41, 5.74) is 6.76. The molecule has 1 aromatic rings. The number of hydrogen-bond acceptors (Lipinski definition) is 3. The number of carbonyl (C=O) groups excluding carboxylic acids is 1. The molecule has 0 aromatic heterocycles. The number of carbonyl (C=O) groups is 1. The molecule has 2 rings (SSSR count). The van der Waals surface area contributed by atoms with Crippen LogP contribution in [0.3, 0.4) is 0 Å². The number of likely N-dealkylation sites (tertiary alicyclic amines) is 1. The van der Waals surface area contributed by atoms with Crippen LogP contribution in [0.15, 0.2) is 24.3 Å². The monoisotopic (exact) mass is 234 g/mol. The summed E-state index contributed by atoms with van der Waals surface area (Å²) in [6, 6.07) is 7.74. The molecule has 1 amide bonds. The van der Waals surface area contributed by atoms with Crippen LogP contribution in [0.5, 0.6) is 5.75 Å². The van der Waals surface area contributed by atoms with Crippen molar-refractivity contribution >= 4 is 6.09 Å². The number of aryl methyl sites for hydroxylation is 1. The van der Waals surface area contributed by atoms with Gasteiger partial charge in [-0.15, -0.1) is 0 Å². The first-order valence-electron chi connectivity index (χ1n) is 5.95. The zero-order valence-electron chi connectivity index (χ0n) is 10.1. The zero-order valence-corrected chi connectivity index (χ0v) is 10.1. The summed E-state index contributed by atoms with van der Waals surface area (Å²) in [6.45, 7) is 3.30. The highest BCUT2D eigenvalue weighted by molar-refractivity contribution is 5.71. The van der Waals surface area contributed by atoms with Crippen molar-refractivity contribution < 1.29 is 9.53 Å². The Morgan fingerprint density at radius 3 is 2.65 bits per heavy atom. The van der Waals surface area contributed by atoms with Gasteiger partial charge in [-0.05, 0) is 31.4 Å². The maximum atomic E-state index is 11.9. The van der Waals surface area contributed by atoms with Crippen molar-refractivity contribution in [1.29, 1.82) is 0 Å². The Morgan fingerprint density at radius 1 is 1.35 bits per heavy atom. The van der Waals surface area contributed by atoms with E-state index in [1.165, 1.54) is 0 Å². The molecular formula is C13H18N2O2. The van der Waals surface area contributed by atoms with Crippen LogP contribution in [0.2, 0.25) is 0 Å². The van der Waals surface area contributed by atoms with Crippen LogP contribution >= 0.6 is 0 Å². The fourth-order valence-corrected chi connectivity index (χ4v) is 1.91. The van der Waals surface area contributed by atoms with Crippen LogP contribution in [0.25, 0.3) is 0 Å². The van der Waals surface area contributed by atoms with Crippen LogP contribution in [-0.4, -0.2) is 30.1 Å². The number of para-hydroxylation sites is 1. The van der Waals surface area contributed by atoms with Gasteiger partial charge in [0.15, 0.2) is 0 Å². The standard InChI is InChI=1S/C13H18N2O2/c1-10-4-2-3-5-12(10)17-13(16)15-8-6-11(14)7-9-15/h2-5,11H,6-9,14H2,1H3. The minimum atomic E-state index is -0.272. The van der Waals surface area contributed by atoms with Crippen molar-refractivity contribution in [3.05, 3.63) is 29.8 Å². The van der Waals surface area contributed by atoms with Gasteiger partial charge in [-0.2, -0.15) is 0 Å². The van der Waals surface area contributed by atoms with E-state index >= 15 is 0 Å². The molecule has 0 unspecified atom stereocenters. The molecule has 0 bridgehead atoms. The Balaban J connectivity index is 1.95. The number of ether oxygens (including phenoxy) is 1. The molecule has 0 aliphatic carbocycles. The molecule has 1 fully saturated rings. The second-order valence-corrected chi connectivity index (χ2v) is 4.46. The normalized spacial score (nSPS) is 16.9. The van der Waals surface area contributed by atoms with Gasteiger partial charge in [0.05, 0.1) is 0 Å². The Bertz CT molecular complexity index is 398. The van der Waals surface area contributed by atoms with E-state index in [9.17, 15) is 4.79 Å². The second kappa shape index (κ2) is 5.19. The third-order valence-corrected chi connectivity index (χ3v) is 3.09. The molecular weight excluding hydrogens is 216 g/mol. The minimum Gasteiger partial charge on any atom is -0.410 e. The van der Waals surface area contributed by atoms with Crippen LogP contribution < -0.4 is 10.5 Å². The van der Waals surface area contributed by atoms with Gasteiger partial charge in [0, 0.05) is 19.1 Å². The number of rotatable bonds is 1. The van der Waals surface area contributed by atoms with Crippen LogP contribution in [-0.2, 0) is 0 Å². The van der Waals surface area contributed by atoms with Gasteiger partial charge in [-0.25, -0.2) is 4.79 Å². The average molecular weight is 234 g/mol. The summed E-state index contributed by atoms with van der Waals surface area (Å²) in [7, 11) is 0. The molecule has 0 saturated carbocycles. The highest BCUT2D eigenvalue weighted by Gasteiger charge is 2.22. The quantitative estimate of drug-likeness (QED) is 0.807. The predicted molar refractivity (Wildman–Crippen MR) is 66.0 cm³/mol. The van der Waals surface area contributed by atoms with Gasteiger partial charge < -0.3 is 15.4 Å². The van der Waals surface area contributed by atoms with Gasteiger partial charge in [-0.3, -0.25) is 0 Å². The van der Waals surface area contributed by atoms with Gasteiger partial charge in [0.25, 0.3) is 0 Å². The zero-order chi connectivity index (χ0) is 12.3. The van der Waals surface area contributed by atoms with Crippen molar-refractivity contribution in [2.75, 3.05) is 13.1 Å². The number of benzene rings is 1. The molecule has 0 spiro atoms. The van der Waals surface area contributed by atoms with Crippen molar-refractivity contribution in [1.82, 2.24) is 4.90 Å². The van der Waals surface area contributed by atoms with Gasteiger partial charge >= 0.3 is 6.09 Å². The topological polar surface area (TPSA) is 55.6 Å². The highest BCUT2D eigenvalue weighted by atomic mass is 16.6. The number of piperidine rings is 1. The smallest absolute Gasteiger partial charge is 0.410 e. The molecule has 1 saturated heterocycles. The van der Waals surface area contributed by atoms with E-state index in [-0.39, 0.29) is 12.1 Å². The highest BCUT2D eigenvalue weighted by Crippen LogP contribution is 2.18. The maximum Gasteiger partial charge on any atom is 0.415 e. The lowest BCUT2D eigenvalue weighted by Gasteiger charge is -2.29. The van der Waals surface area contributed by atoms with E-state index in [0.717, 1.165) is 18.4 Å². The van der Waals surface area contributed by atoms with Gasteiger partial charge in [0.2, 0.25) is 0 Å². The fraction of sp³-hybridized carbons (Fsp3) is 0.462. The molecule has 1 aliphatic rings. The first-order chi connectivity index (χ1) is 8.16. The molecule has 4 heteroatoms. The van der Waals surface area contributed by atoms with Crippen molar-refractivity contribution in [3.63, 3.8) is 0 Å². The third kappa shape index (κ3) is 2.97. The summed E-state index contributed by atoms with van der Waals surface area (Å²) in [6.07, 6.45) is 1.43. The second-order valence-electron chi connectivity index (χ2n) is 4.46. The summed E-state index contributed by atoms with van der Waals surface area (Å²) in [4.78, 5) is 13.6. The lowest BCUT2D eigenvalue weighted by Crippen LogP contribution is -2.44. The van der Waals surface area contributed by atoms with Crippen molar-refractivity contribution in [2.45, 2.75) is 25.8 Å². The van der Waals surface area contributed by atoms with E-state index in [1.807, 2.05) is 31.2 Å². The molecule has 1 heterocycles. The van der Waals surface area contributed by atoms with E-state index in [2.05, 4.69) is 0 Å². The summed E-state index contributed by atoms with van der Waals surface area (Å²) in [5.74, 6) is 0.632. The molecule has 92 valence electrons. The van der Waals surface area contributed by atoms with Crippen molar-refractivity contribution in [2.24, 2.45) is 5.73 Å². The Morgan fingerprint density at radius 2 is 2.00 bits per heavy atom. The fourth-order valence-electron chi connectivity index (χ4n) is 1.91. The SMILES string of the molecule is Cc1ccccc1OC(=O)N1CCC(N)CC1. The number of hydrogen-bond donors (Lipinski definition) is 1. The molecule has 1 aliphatic heterocycles. The number of nitrogens with two attached hydrogens (primary N) is 1. The first-order valence-corrected chi connectivity index (χ1v) is 5.95. The molecule has 2 N–H and O–H groups in total. The lowest BCUT2D eigenvalue weighted by atomic mass is 10.1. The summed E-state index contributed by atoms with van der Waals surface area (Å²) >= 11 is 0. The Hall–Kier alpha value is -1.55. The predicted octanol–water partition coefficient (Wildman–Crippen LogP) is 1.92. The lowest BCUT2D eigenvalue weighted by molar-refractivity contribution is 0.139. The molecule has 0 radical (unpaired) electrons. The van der Waals surface area contributed by atoms with Crippen molar-refractivity contribution in [3.8, 4) is 5.75 Å². The van der Waals surface area contributed by atoms with Crippen LogP contribution in [0.1, 0.15) is 18.4 Å².